The maximum atomic E-state index is 12.6. The van der Waals surface area contributed by atoms with E-state index in [4.69, 9.17) is 20.8 Å². The average Bonchev–Trinajstić information content (AvgIpc) is 2.97. The van der Waals surface area contributed by atoms with Gasteiger partial charge in [0.1, 0.15) is 5.58 Å². The van der Waals surface area contributed by atoms with Crippen LogP contribution in [-0.4, -0.2) is 23.5 Å². The van der Waals surface area contributed by atoms with Crippen molar-refractivity contribution in [3.05, 3.63) is 56.8 Å². The van der Waals surface area contributed by atoms with Gasteiger partial charge < -0.3 is 14.5 Å². The molecular formula is C18H11BrClF3N2O4. The largest absolute Gasteiger partial charge is 0.450 e. The molecule has 29 heavy (non-hydrogen) atoms. The number of hydrogen-bond acceptors (Lipinski definition) is 5. The van der Waals surface area contributed by atoms with Crippen molar-refractivity contribution in [2.75, 3.05) is 11.9 Å². The zero-order chi connectivity index (χ0) is 21.3. The van der Waals surface area contributed by atoms with Gasteiger partial charge in [0.05, 0.1) is 10.6 Å². The molecule has 0 atom stereocenters. The Morgan fingerprint density at radius 3 is 2.69 bits per heavy atom. The molecule has 0 saturated carbocycles. The minimum absolute atomic E-state index is 0.0587. The van der Waals surface area contributed by atoms with Gasteiger partial charge in [0, 0.05) is 21.6 Å². The number of furan rings is 1. The van der Waals surface area contributed by atoms with Crippen LogP contribution in [0.1, 0.15) is 21.7 Å². The van der Waals surface area contributed by atoms with Crippen LogP contribution in [0.15, 0.2) is 39.4 Å². The highest BCUT2D eigenvalue weighted by atomic mass is 79.9. The lowest BCUT2D eigenvalue weighted by molar-refractivity contribution is -0.137. The molecule has 3 rings (SSSR count). The van der Waals surface area contributed by atoms with Crippen LogP contribution >= 0.6 is 27.5 Å². The molecule has 1 aromatic carbocycles. The van der Waals surface area contributed by atoms with E-state index in [0.717, 1.165) is 4.47 Å². The van der Waals surface area contributed by atoms with Gasteiger partial charge in [-0.05, 0) is 31.2 Å². The molecule has 3 aromatic rings. The summed E-state index contributed by atoms with van der Waals surface area (Å²) in [4.78, 5) is 27.6. The predicted octanol–water partition coefficient (Wildman–Crippen LogP) is 5.37. The van der Waals surface area contributed by atoms with Crippen molar-refractivity contribution in [2.45, 2.75) is 13.1 Å². The number of anilines is 1. The molecule has 0 bridgehead atoms. The second-order valence-corrected chi connectivity index (χ2v) is 7.20. The normalized spacial score (nSPS) is 11.5. The number of pyridine rings is 1. The molecule has 152 valence electrons. The Morgan fingerprint density at radius 1 is 1.31 bits per heavy atom. The van der Waals surface area contributed by atoms with Crippen LogP contribution in [0.5, 0.6) is 0 Å². The van der Waals surface area contributed by atoms with Gasteiger partial charge in [-0.2, -0.15) is 13.2 Å². The fraction of sp³-hybridized carbons (Fsp3) is 0.167. The Labute approximate surface area is 175 Å². The summed E-state index contributed by atoms with van der Waals surface area (Å²) in [6, 6.07) is 5.82. The maximum Gasteiger partial charge on any atom is 0.417 e. The first-order valence-electron chi connectivity index (χ1n) is 7.94. The number of halogens is 5. The van der Waals surface area contributed by atoms with Gasteiger partial charge >= 0.3 is 12.1 Å². The number of rotatable bonds is 4. The number of benzene rings is 1. The first kappa shape index (κ1) is 21.1. The van der Waals surface area contributed by atoms with E-state index >= 15 is 0 Å². The van der Waals surface area contributed by atoms with Crippen LogP contribution in [0, 0.1) is 6.92 Å². The van der Waals surface area contributed by atoms with Crippen LogP contribution in [0.2, 0.25) is 5.02 Å². The molecule has 1 amide bonds. The van der Waals surface area contributed by atoms with E-state index < -0.39 is 35.2 Å². The van der Waals surface area contributed by atoms with E-state index in [1.165, 1.54) is 0 Å². The number of nitrogens with one attached hydrogen (secondary N) is 1. The molecule has 0 radical (unpaired) electrons. The Bertz CT molecular complexity index is 1110. The molecule has 1 N–H and O–H groups in total. The average molecular weight is 492 g/mol. The lowest BCUT2D eigenvalue weighted by Gasteiger charge is -2.10. The minimum atomic E-state index is -4.62. The summed E-state index contributed by atoms with van der Waals surface area (Å²) in [5.74, 6) is -2.04. The first-order valence-corrected chi connectivity index (χ1v) is 9.11. The highest BCUT2D eigenvalue weighted by Gasteiger charge is 2.31. The SMILES string of the molecule is Cc1c(C(=O)OCC(=O)Nc2ncc(C(F)(F)F)cc2Cl)oc2ccc(Br)cc12. The summed E-state index contributed by atoms with van der Waals surface area (Å²) < 4.78 is 49.0. The second-order valence-electron chi connectivity index (χ2n) is 5.87. The van der Waals surface area contributed by atoms with E-state index in [2.05, 4.69) is 26.2 Å². The van der Waals surface area contributed by atoms with Crippen LogP contribution in [0.25, 0.3) is 11.0 Å². The third-order valence-electron chi connectivity index (χ3n) is 3.84. The van der Waals surface area contributed by atoms with Crippen molar-refractivity contribution in [2.24, 2.45) is 0 Å². The van der Waals surface area contributed by atoms with Crippen LogP contribution in [-0.2, 0) is 15.7 Å². The number of carbonyl (C=O) groups excluding carboxylic acids is 2. The third-order valence-corrected chi connectivity index (χ3v) is 4.63. The first-order chi connectivity index (χ1) is 13.6. The van der Waals surface area contributed by atoms with Gasteiger partial charge in [0.15, 0.2) is 12.4 Å². The standard InChI is InChI=1S/C18H11BrClF3N2O4/c1-8-11-5-10(19)2-3-13(11)29-15(8)17(27)28-7-14(26)25-16-12(20)4-9(6-24-16)18(21,22)23/h2-6H,7H2,1H3,(H,24,25,26). The molecule has 0 unspecified atom stereocenters. The van der Waals surface area contributed by atoms with Crippen molar-refractivity contribution in [1.29, 1.82) is 0 Å². The Kier molecular flexibility index (Phi) is 5.85. The number of alkyl halides is 3. The topological polar surface area (TPSA) is 81.4 Å². The number of aryl methyl sites for hydroxylation is 1. The third kappa shape index (κ3) is 4.70. The highest BCUT2D eigenvalue weighted by Crippen LogP contribution is 2.32. The van der Waals surface area contributed by atoms with Gasteiger partial charge in [0.25, 0.3) is 5.91 Å². The molecule has 0 aliphatic heterocycles. The number of nitrogens with zero attached hydrogens (tertiary/aromatic N) is 1. The van der Waals surface area contributed by atoms with E-state index in [9.17, 15) is 22.8 Å². The Balaban J connectivity index is 1.65. The zero-order valence-corrected chi connectivity index (χ0v) is 16.9. The van der Waals surface area contributed by atoms with Crippen LogP contribution < -0.4 is 5.32 Å². The number of ether oxygens (including phenoxy) is 1. The lowest BCUT2D eigenvalue weighted by atomic mass is 10.1. The smallest absolute Gasteiger partial charge is 0.417 e. The van der Waals surface area contributed by atoms with Crippen molar-refractivity contribution in [3.8, 4) is 0 Å². The zero-order valence-electron chi connectivity index (χ0n) is 14.6. The van der Waals surface area contributed by atoms with E-state index in [1.807, 2.05) is 0 Å². The van der Waals surface area contributed by atoms with Gasteiger partial charge in [-0.25, -0.2) is 9.78 Å². The predicted molar refractivity (Wildman–Crippen MR) is 102 cm³/mol. The molecule has 0 aliphatic rings. The van der Waals surface area contributed by atoms with Crippen molar-refractivity contribution in [3.63, 3.8) is 0 Å². The fourth-order valence-electron chi connectivity index (χ4n) is 2.44. The molecular weight excluding hydrogens is 481 g/mol. The molecule has 11 heteroatoms. The van der Waals surface area contributed by atoms with Crippen LogP contribution in [0.3, 0.4) is 0 Å². The molecule has 0 spiro atoms. The number of hydrogen-bond donors (Lipinski definition) is 1. The van der Waals surface area contributed by atoms with Crippen molar-refractivity contribution < 1.29 is 31.9 Å². The number of esters is 1. The maximum absolute atomic E-state index is 12.6. The molecule has 0 saturated heterocycles. The van der Waals surface area contributed by atoms with Gasteiger partial charge in [-0.15, -0.1) is 0 Å². The number of carbonyl (C=O) groups is 2. The Hall–Kier alpha value is -2.59. The van der Waals surface area contributed by atoms with Gasteiger partial charge in [0.2, 0.25) is 5.76 Å². The molecule has 6 nitrogen and oxygen atoms in total. The monoisotopic (exact) mass is 490 g/mol. The quantitative estimate of drug-likeness (QED) is 0.497. The summed E-state index contributed by atoms with van der Waals surface area (Å²) in [6.07, 6.45) is -4.09. The minimum Gasteiger partial charge on any atom is -0.450 e. The van der Waals surface area contributed by atoms with Crippen molar-refractivity contribution in [1.82, 2.24) is 4.98 Å². The van der Waals surface area contributed by atoms with Gasteiger partial charge in [-0.3, -0.25) is 4.79 Å². The molecule has 2 heterocycles. The Morgan fingerprint density at radius 2 is 2.03 bits per heavy atom. The summed E-state index contributed by atoms with van der Waals surface area (Å²) in [5.41, 5.74) is -0.0408. The highest BCUT2D eigenvalue weighted by molar-refractivity contribution is 9.10. The summed E-state index contributed by atoms with van der Waals surface area (Å²) >= 11 is 9.04. The van der Waals surface area contributed by atoms with Gasteiger partial charge in [-0.1, -0.05) is 27.5 Å². The molecule has 0 fully saturated rings. The lowest BCUT2D eigenvalue weighted by Crippen LogP contribution is -2.22. The van der Waals surface area contributed by atoms with E-state index in [0.29, 0.717) is 28.8 Å². The summed E-state index contributed by atoms with van der Waals surface area (Å²) in [6.45, 7) is 0.957. The number of fused-ring (bicyclic) bond motifs is 1. The number of aromatic nitrogens is 1. The van der Waals surface area contributed by atoms with Crippen molar-refractivity contribution >= 4 is 56.2 Å². The fourth-order valence-corrected chi connectivity index (χ4v) is 3.01. The van der Waals surface area contributed by atoms with E-state index in [-0.39, 0.29) is 11.6 Å². The van der Waals surface area contributed by atoms with E-state index in [1.54, 1.807) is 25.1 Å². The summed E-state index contributed by atoms with van der Waals surface area (Å²) in [7, 11) is 0. The molecule has 2 aromatic heterocycles. The molecule has 0 aliphatic carbocycles. The number of amides is 1. The summed E-state index contributed by atoms with van der Waals surface area (Å²) in [5, 5.41) is 2.48. The van der Waals surface area contributed by atoms with Crippen LogP contribution in [0.4, 0.5) is 19.0 Å². The second kappa shape index (κ2) is 8.03.